The average Bonchev–Trinajstić information content (AvgIpc) is 2.14. The molecular weight excluding hydrogens is 212 g/mol. The fourth-order valence-corrected chi connectivity index (χ4v) is 0.326. The lowest BCUT2D eigenvalue weighted by molar-refractivity contribution is -0.143. The second kappa shape index (κ2) is 9.59. The summed E-state index contributed by atoms with van der Waals surface area (Å²) in [6.45, 7) is 3.11. The third kappa shape index (κ3) is 16.8. The van der Waals surface area contributed by atoms with Gasteiger partial charge in [-0.1, -0.05) is 6.58 Å². The highest BCUT2D eigenvalue weighted by atomic mass is 32.1. The van der Waals surface area contributed by atoms with Crippen molar-refractivity contribution in [2.24, 2.45) is 0 Å². The van der Waals surface area contributed by atoms with Crippen molar-refractivity contribution in [2.75, 3.05) is 0 Å². The van der Waals surface area contributed by atoms with Gasteiger partial charge in [0.25, 0.3) is 0 Å². The molecule has 0 unspecified atom stereocenters. The summed E-state index contributed by atoms with van der Waals surface area (Å²) in [7, 11) is 0. The molecule has 0 aliphatic carbocycles. The molecular formula is C7H10O6S. The molecule has 80 valence electrons. The Hall–Kier alpha value is -1.50. The predicted molar refractivity (Wildman–Crippen MR) is 49.8 cm³/mol. The maximum Gasteiger partial charge on any atom is 0.341 e. The predicted octanol–water partition coefficient (Wildman–Crippen LogP) is 0.496. The summed E-state index contributed by atoms with van der Waals surface area (Å²) in [5.74, 6) is -2.68. The van der Waals surface area contributed by atoms with Gasteiger partial charge in [0.05, 0.1) is 12.8 Å². The van der Waals surface area contributed by atoms with Crippen molar-refractivity contribution in [3.8, 4) is 0 Å². The molecule has 0 heterocycles. The number of rotatable bonds is 4. The lowest BCUT2D eigenvalue weighted by Crippen LogP contribution is -2.00. The van der Waals surface area contributed by atoms with Crippen LogP contribution in [-0.2, 0) is 18.6 Å². The van der Waals surface area contributed by atoms with E-state index in [1.807, 2.05) is 0 Å². The molecule has 0 aliphatic heterocycles. The monoisotopic (exact) mass is 222 g/mol. The zero-order valence-electron chi connectivity index (χ0n) is 7.17. The first-order valence-electron chi connectivity index (χ1n) is 3.35. The van der Waals surface area contributed by atoms with E-state index >= 15 is 0 Å². The molecule has 2 N–H and O–H groups in total. The molecule has 0 aromatic heterocycles. The van der Waals surface area contributed by atoms with Gasteiger partial charge in [0.15, 0.2) is 0 Å². The number of hydrogen-bond acceptors (Lipinski definition) is 5. The van der Waals surface area contributed by atoms with Gasteiger partial charge in [-0.3, -0.25) is 9.59 Å². The second-order valence-electron chi connectivity index (χ2n) is 1.90. The molecule has 6 nitrogen and oxygen atoms in total. The second-order valence-corrected chi connectivity index (χ2v) is 2.08. The number of carbonyl (C=O) groups excluding carboxylic acids is 1. The van der Waals surface area contributed by atoms with Crippen molar-refractivity contribution in [1.29, 1.82) is 0 Å². The van der Waals surface area contributed by atoms with E-state index in [4.69, 9.17) is 10.2 Å². The van der Waals surface area contributed by atoms with E-state index in [2.05, 4.69) is 23.7 Å². The molecule has 14 heavy (non-hydrogen) atoms. The standard InChI is InChI=1S/C4H6O4.C3H4O2S/c5-3(6)1-2-4(7)8;1-2-3(4)5-6/h1-2H2,(H,5,6)(H,7,8);2,6H,1H2. The maximum atomic E-state index is 9.76. The van der Waals surface area contributed by atoms with Crippen molar-refractivity contribution >= 4 is 30.8 Å². The SMILES string of the molecule is C=CC(=O)OS.O=C(O)CCC(=O)O. The van der Waals surface area contributed by atoms with Crippen LogP contribution in [0.25, 0.3) is 0 Å². The molecule has 0 aromatic carbocycles. The summed E-state index contributed by atoms with van der Waals surface area (Å²) in [5, 5.41) is 15.8. The van der Waals surface area contributed by atoms with Gasteiger partial charge in [-0.2, -0.15) is 0 Å². The third-order valence-corrected chi connectivity index (χ3v) is 0.989. The lowest BCUT2D eigenvalue weighted by Gasteiger charge is -1.85. The van der Waals surface area contributed by atoms with E-state index in [-0.39, 0.29) is 12.8 Å². The Morgan fingerprint density at radius 3 is 1.64 bits per heavy atom. The highest BCUT2D eigenvalue weighted by molar-refractivity contribution is 7.75. The van der Waals surface area contributed by atoms with Gasteiger partial charge in [0, 0.05) is 19.0 Å². The Morgan fingerprint density at radius 1 is 1.21 bits per heavy atom. The van der Waals surface area contributed by atoms with Crippen LogP contribution in [0.5, 0.6) is 0 Å². The molecule has 0 atom stereocenters. The molecule has 0 saturated heterocycles. The Kier molecular flexibility index (Phi) is 10.3. The largest absolute Gasteiger partial charge is 0.481 e. The first-order chi connectivity index (χ1) is 6.43. The van der Waals surface area contributed by atoms with Crippen LogP contribution >= 0.6 is 12.9 Å². The van der Waals surface area contributed by atoms with Gasteiger partial charge in [-0.15, -0.1) is 0 Å². The van der Waals surface area contributed by atoms with Crippen molar-refractivity contribution in [3.05, 3.63) is 12.7 Å². The van der Waals surface area contributed by atoms with Crippen LogP contribution in [0.2, 0.25) is 0 Å². The van der Waals surface area contributed by atoms with Crippen LogP contribution in [0.3, 0.4) is 0 Å². The van der Waals surface area contributed by atoms with Crippen LogP contribution in [0.15, 0.2) is 12.7 Å². The number of thiol groups is 1. The minimum atomic E-state index is -1.08. The summed E-state index contributed by atoms with van der Waals surface area (Å²) in [6.07, 6.45) is 0.442. The minimum Gasteiger partial charge on any atom is -0.481 e. The van der Waals surface area contributed by atoms with Crippen LogP contribution in [0.1, 0.15) is 12.8 Å². The summed E-state index contributed by atoms with van der Waals surface area (Å²) in [5.41, 5.74) is 0. The first-order valence-corrected chi connectivity index (χ1v) is 3.72. The molecule has 0 radical (unpaired) electrons. The van der Waals surface area contributed by atoms with E-state index in [1.165, 1.54) is 0 Å². The Morgan fingerprint density at radius 2 is 1.57 bits per heavy atom. The van der Waals surface area contributed by atoms with E-state index < -0.39 is 17.9 Å². The Labute approximate surface area is 85.8 Å². The fourth-order valence-electron chi connectivity index (χ4n) is 0.251. The molecule has 0 aliphatic rings. The summed E-state index contributed by atoms with van der Waals surface area (Å²) in [4.78, 5) is 29.0. The van der Waals surface area contributed by atoms with Gasteiger partial charge < -0.3 is 14.4 Å². The van der Waals surface area contributed by atoms with Crippen LogP contribution in [-0.4, -0.2) is 28.1 Å². The summed E-state index contributed by atoms with van der Waals surface area (Å²) >= 11 is 3.17. The molecule has 0 saturated carbocycles. The topological polar surface area (TPSA) is 101 Å². The van der Waals surface area contributed by atoms with Gasteiger partial charge in [0.2, 0.25) is 0 Å². The summed E-state index contributed by atoms with van der Waals surface area (Å²) < 4.78 is 3.84. The summed E-state index contributed by atoms with van der Waals surface area (Å²) in [6, 6.07) is 0. The highest BCUT2D eigenvalue weighted by Gasteiger charge is 2.00. The van der Waals surface area contributed by atoms with E-state index in [0.717, 1.165) is 6.08 Å². The van der Waals surface area contributed by atoms with Gasteiger partial charge in [-0.25, -0.2) is 4.79 Å². The van der Waals surface area contributed by atoms with Gasteiger partial charge >= 0.3 is 17.9 Å². The quantitative estimate of drug-likeness (QED) is 0.363. The van der Waals surface area contributed by atoms with Crippen molar-refractivity contribution in [2.45, 2.75) is 12.8 Å². The fraction of sp³-hybridized carbons (Fsp3) is 0.286. The zero-order chi connectivity index (χ0) is 11.6. The van der Waals surface area contributed by atoms with E-state index in [0.29, 0.717) is 0 Å². The zero-order valence-corrected chi connectivity index (χ0v) is 8.07. The number of carbonyl (C=O) groups is 3. The third-order valence-electron chi connectivity index (χ3n) is 0.809. The van der Waals surface area contributed by atoms with Crippen molar-refractivity contribution in [3.63, 3.8) is 0 Å². The van der Waals surface area contributed by atoms with Crippen LogP contribution < -0.4 is 0 Å². The number of aliphatic carboxylic acids is 2. The molecule has 0 bridgehead atoms. The molecule has 0 aromatic rings. The number of carboxylic acid groups (broad SMARTS) is 2. The number of carboxylic acids is 2. The Bertz CT molecular complexity index is 210. The van der Waals surface area contributed by atoms with Gasteiger partial charge in [0.1, 0.15) is 0 Å². The van der Waals surface area contributed by atoms with Crippen molar-refractivity contribution < 1.29 is 28.8 Å². The van der Waals surface area contributed by atoms with Crippen LogP contribution in [0, 0.1) is 0 Å². The van der Waals surface area contributed by atoms with Gasteiger partial charge in [-0.05, 0) is 0 Å². The lowest BCUT2D eigenvalue weighted by atomic mass is 10.3. The average molecular weight is 222 g/mol. The Balaban J connectivity index is 0. The molecule has 0 rings (SSSR count). The number of hydrogen-bond donors (Lipinski definition) is 3. The van der Waals surface area contributed by atoms with Crippen molar-refractivity contribution in [1.82, 2.24) is 0 Å². The minimum absolute atomic E-state index is 0.296. The maximum absolute atomic E-state index is 9.76. The molecule has 0 spiro atoms. The molecule has 7 heteroatoms. The highest BCUT2D eigenvalue weighted by Crippen LogP contribution is 1.86. The smallest absolute Gasteiger partial charge is 0.341 e. The van der Waals surface area contributed by atoms with Crippen LogP contribution in [0.4, 0.5) is 0 Å². The normalized spacial score (nSPS) is 7.79. The molecule has 0 fully saturated rings. The molecule has 0 amide bonds. The van der Waals surface area contributed by atoms with E-state index in [1.54, 1.807) is 0 Å². The first kappa shape index (κ1) is 15.0. The van der Waals surface area contributed by atoms with E-state index in [9.17, 15) is 14.4 Å².